The van der Waals surface area contributed by atoms with Crippen LogP contribution in [0, 0.1) is 18.6 Å². The number of anilines is 2. The van der Waals surface area contributed by atoms with Crippen molar-refractivity contribution in [3.05, 3.63) is 90.0 Å². The molecule has 0 spiro atoms. The highest BCUT2D eigenvalue weighted by atomic mass is 32.2. The zero-order chi connectivity index (χ0) is 21.0. The molecule has 0 unspecified atom stereocenters. The fraction of sp³-hybridized carbons (Fsp3) is 0.0952. The van der Waals surface area contributed by atoms with Crippen LogP contribution in [0.5, 0.6) is 0 Å². The zero-order valence-electron chi connectivity index (χ0n) is 15.5. The fourth-order valence-electron chi connectivity index (χ4n) is 2.72. The Kier molecular flexibility index (Phi) is 5.93. The molecule has 1 amide bonds. The molecule has 1 N–H and O–H groups in total. The van der Waals surface area contributed by atoms with Crippen molar-refractivity contribution in [2.75, 3.05) is 16.2 Å². The van der Waals surface area contributed by atoms with Gasteiger partial charge in [-0.3, -0.25) is 9.10 Å². The molecule has 29 heavy (non-hydrogen) atoms. The molecule has 0 aliphatic carbocycles. The molecular formula is C21H18F2N2O3S. The molecule has 8 heteroatoms. The van der Waals surface area contributed by atoms with Crippen LogP contribution in [-0.4, -0.2) is 20.9 Å². The first kappa shape index (κ1) is 20.5. The van der Waals surface area contributed by atoms with Crippen LogP contribution in [0.3, 0.4) is 0 Å². The highest BCUT2D eigenvalue weighted by Gasteiger charge is 2.27. The Labute approximate surface area is 167 Å². The zero-order valence-corrected chi connectivity index (χ0v) is 16.3. The fourth-order valence-corrected chi connectivity index (χ4v) is 4.25. The Balaban J connectivity index is 1.93. The van der Waals surface area contributed by atoms with Crippen LogP contribution >= 0.6 is 0 Å². The van der Waals surface area contributed by atoms with Gasteiger partial charge in [0.25, 0.3) is 10.0 Å². The van der Waals surface area contributed by atoms with Crippen LogP contribution in [-0.2, 0) is 14.8 Å². The number of hydrogen-bond donors (Lipinski definition) is 1. The van der Waals surface area contributed by atoms with Gasteiger partial charge in [-0.2, -0.15) is 0 Å². The van der Waals surface area contributed by atoms with Gasteiger partial charge in [-0.1, -0.05) is 30.3 Å². The van der Waals surface area contributed by atoms with Crippen molar-refractivity contribution in [3.8, 4) is 0 Å². The van der Waals surface area contributed by atoms with E-state index in [2.05, 4.69) is 5.32 Å². The summed E-state index contributed by atoms with van der Waals surface area (Å²) in [4.78, 5) is 12.5. The van der Waals surface area contributed by atoms with Crippen molar-refractivity contribution in [3.63, 3.8) is 0 Å². The maximum absolute atomic E-state index is 13.8. The summed E-state index contributed by atoms with van der Waals surface area (Å²) in [6, 6.07) is 17.1. The molecular weight excluding hydrogens is 398 g/mol. The Hall–Kier alpha value is -3.26. The molecule has 5 nitrogen and oxygen atoms in total. The summed E-state index contributed by atoms with van der Waals surface area (Å²) in [6.07, 6.45) is 0. The average molecular weight is 416 g/mol. The molecule has 0 aromatic heterocycles. The van der Waals surface area contributed by atoms with Gasteiger partial charge in [0.15, 0.2) is 0 Å². The van der Waals surface area contributed by atoms with Gasteiger partial charge in [0, 0.05) is 6.07 Å². The van der Waals surface area contributed by atoms with E-state index in [1.54, 1.807) is 49.4 Å². The van der Waals surface area contributed by atoms with Gasteiger partial charge < -0.3 is 5.32 Å². The van der Waals surface area contributed by atoms with Crippen molar-refractivity contribution >= 4 is 27.3 Å². The number of halogens is 2. The third kappa shape index (κ3) is 4.78. The monoisotopic (exact) mass is 416 g/mol. The van der Waals surface area contributed by atoms with Gasteiger partial charge in [0.1, 0.15) is 18.2 Å². The summed E-state index contributed by atoms with van der Waals surface area (Å²) < 4.78 is 54.2. The van der Waals surface area contributed by atoms with Crippen LogP contribution in [0.25, 0.3) is 0 Å². The van der Waals surface area contributed by atoms with Crippen molar-refractivity contribution in [1.82, 2.24) is 0 Å². The van der Waals surface area contributed by atoms with E-state index in [1.807, 2.05) is 0 Å². The summed E-state index contributed by atoms with van der Waals surface area (Å²) in [5.74, 6) is -2.50. The Morgan fingerprint density at radius 1 is 0.966 bits per heavy atom. The van der Waals surface area contributed by atoms with E-state index in [4.69, 9.17) is 0 Å². The smallest absolute Gasteiger partial charge is 0.264 e. The predicted octanol–water partition coefficient (Wildman–Crippen LogP) is 4.11. The van der Waals surface area contributed by atoms with Crippen molar-refractivity contribution < 1.29 is 22.0 Å². The van der Waals surface area contributed by atoms with Crippen molar-refractivity contribution in [1.29, 1.82) is 0 Å². The maximum Gasteiger partial charge on any atom is 0.264 e. The summed E-state index contributed by atoms with van der Waals surface area (Å²) in [7, 11) is -4.06. The summed E-state index contributed by atoms with van der Waals surface area (Å²) in [6.45, 7) is 1.17. The number of nitrogens with one attached hydrogen (secondary N) is 1. The molecule has 0 heterocycles. The molecule has 0 bridgehead atoms. The highest BCUT2D eigenvalue weighted by molar-refractivity contribution is 7.92. The number of carbonyl (C=O) groups is 1. The van der Waals surface area contributed by atoms with Crippen molar-refractivity contribution in [2.45, 2.75) is 11.8 Å². The maximum atomic E-state index is 13.8. The van der Waals surface area contributed by atoms with E-state index in [1.165, 1.54) is 12.1 Å². The van der Waals surface area contributed by atoms with Gasteiger partial charge in [-0.25, -0.2) is 17.2 Å². The minimum atomic E-state index is -4.06. The molecule has 0 fully saturated rings. The first-order valence-corrected chi connectivity index (χ1v) is 10.1. The molecule has 0 aliphatic heterocycles. The van der Waals surface area contributed by atoms with E-state index >= 15 is 0 Å². The van der Waals surface area contributed by atoms with Gasteiger partial charge >= 0.3 is 0 Å². The molecule has 0 radical (unpaired) electrons. The number of benzene rings is 3. The molecule has 0 saturated carbocycles. The molecule has 0 aliphatic rings. The Bertz CT molecular complexity index is 1140. The largest absolute Gasteiger partial charge is 0.322 e. The van der Waals surface area contributed by atoms with E-state index in [-0.39, 0.29) is 16.3 Å². The van der Waals surface area contributed by atoms with Crippen LogP contribution in [0.2, 0.25) is 0 Å². The number of aryl methyl sites for hydroxylation is 1. The normalized spacial score (nSPS) is 11.1. The standard InChI is InChI=1S/C21H18F2N2O3S/c1-15-6-5-9-18(12-15)29(27,28)25(17-7-3-2-4-8-17)14-21(26)24-20-11-10-16(22)13-19(20)23/h2-13H,14H2,1H3,(H,24,26). The van der Waals surface area contributed by atoms with Crippen LogP contribution in [0.4, 0.5) is 20.2 Å². The van der Waals surface area contributed by atoms with Gasteiger partial charge in [-0.05, 0) is 48.9 Å². The van der Waals surface area contributed by atoms with Gasteiger partial charge in [0.2, 0.25) is 5.91 Å². The first-order valence-electron chi connectivity index (χ1n) is 8.67. The number of amides is 1. The Morgan fingerprint density at radius 2 is 1.69 bits per heavy atom. The lowest BCUT2D eigenvalue weighted by molar-refractivity contribution is -0.114. The lowest BCUT2D eigenvalue weighted by atomic mass is 10.2. The van der Waals surface area contributed by atoms with Gasteiger partial charge in [-0.15, -0.1) is 0 Å². The third-order valence-corrected chi connectivity index (χ3v) is 5.88. The van der Waals surface area contributed by atoms with Crippen molar-refractivity contribution in [2.24, 2.45) is 0 Å². The van der Waals surface area contributed by atoms with Crippen LogP contribution in [0.1, 0.15) is 5.56 Å². The van der Waals surface area contributed by atoms with E-state index in [9.17, 15) is 22.0 Å². The molecule has 3 aromatic rings. The average Bonchev–Trinajstić information content (AvgIpc) is 2.69. The minimum absolute atomic E-state index is 0.0297. The lowest BCUT2D eigenvalue weighted by Crippen LogP contribution is -2.38. The van der Waals surface area contributed by atoms with Crippen LogP contribution < -0.4 is 9.62 Å². The SMILES string of the molecule is Cc1cccc(S(=O)(=O)N(CC(=O)Nc2ccc(F)cc2F)c2ccccc2)c1. The van der Waals surface area contributed by atoms with E-state index < -0.39 is 34.1 Å². The van der Waals surface area contributed by atoms with E-state index in [0.29, 0.717) is 6.07 Å². The molecule has 3 rings (SSSR count). The second kappa shape index (κ2) is 8.40. The minimum Gasteiger partial charge on any atom is -0.322 e. The molecule has 0 saturated heterocycles. The van der Waals surface area contributed by atoms with E-state index in [0.717, 1.165) is 22.0 Å². The first-order chi connectivity index (χ1) is 13.8. The molecule has 150 valence electrons. The number of rotatable bonds is 6. The highest BCUT2D eigenvalue weighted by Crippen LogP contribution is 2.24. The second-order valence-electron chi connectivity index (χ2n) is 6.34. The predicted molar refractivity (Wildman–Crippen MR) is 107 cm³/mol. The number of hydrogen-bond acceptors (Lipinski definition) is 3. The Morgan fingerprint density at radius 3 is 2.34 bits per heavy atom. The molecule has 0 atom stereocenters. The lowest BCUT2D eigenvalue weighted by Gasteiger charge is -2.24. The quantitative estimate of drug-likeness (QED) is 0.658. The molecule has 3 aromatic carbocycles. The third-order valence-electron chi connectivity index (χ3n) is 4.11. The number of nitrogens with zero attached hydrogens (tertiary/aromatic N) is 1. The summed E-state index contributed by atoms with van der Waals surface area (Å²) >= 11 is 0. The topological polar surface area (TPSA) is 66.5 Å². The number of sulfonamides is 1. The summed E-state index contributed by atoms with van der Waals surface area (Å²) in [5, 5.41) is 2.29. The second-order valence-corrected chi connectivity index (χ2v) is 8.20. The van der Waals surface area contributed by atoms with Crippen LogP contribution in [0.15, 0.2) is 77.7 Å². The van der Waals surface area contributed by atoms with Gasteiger partial charge in [0.05, 0.1) is 16.3 Å². The number of carbonyl (C=O) groups excluding carboxylic acids is 1. The number of para-hydroxylation sites is 1. The summed E-state index contributed by atoms with van der Waals surface area (Å²) in [5.41, 5.74) is 0.790.